The van der Waals surface area contributed by atoms with Gasteiger partial charge >= 0.3 is 0 Å². The molecule has 2 heterocycles. The zero-order chi connectivity index (χ0) is 55.1. The van der Waals surface area contributed by atoms with Crippen molar-refractivity contribution in [3.63, 3.8) is 0 Å². The fourth-order valence-electron chi connectivity index (χ4n) is 12.7. The number of allylic oxidation sites excluding steroid dienone is 15. The second-order valence-corrected chi connectivity index (χ2v) is 22.7. The van der Waals surface area contributed by atoms with Crippen LogP contribution in [0.2, 0.25) is 0 Å². The number of benzene rings is 7. The van der Waals surface area contributed by atoms with E-state index in [0.29, 0.717) is 5.56 Å². The van der Waals surface area contributed by atoms with E-state index in [9.17, 15) is 0 Å². The highest BCUT2D eigenvalue weighted by molar-refractivity contribution is 5.95. The maximum Gasteiger partial charge on any atom is 0.133 e. The van der Waals surface area contributed by atoms with Gasteiger partial charge in [-0.1, -0.05) is 186 Å². The van der Waals surface area contributed by atoms with Gasteiger partial charge in [-0.15, -0.1) is 0 Å². The van der Waals surface area contributed by atoms with Gasteiger partial charge in [0, 0.05) is 45.9 Å². The van der Waals surface area contributed by atoms with E-state index >= 15 is 4.39 Å². The minimum atomic E-state index is -0.315. The maximum atomic E-state index is 16.7. The number of hydrogen-bond acceptors (Lipinski definition) is 1. The lowest BCUT2D eigenvalue weighted by atomic mass is 9.79. The first-order valence-corrected chi connectivity index (χ1v) is 28.0. The quantitative estimate of drug-likeness (QED) is 0.0677. The van der Waals surface area contributed by atoms with E-state index in [4.69, 9.17) is 5.41 Å². The van der Waals surface area contributed by atoms with E-state index in [-0.39, 0.29) is 22.6 Å². The highest BCUT2D eigenvalue weighted by Crippen LogP contribution is 2.53. The van der Waals surface area contributed by atoms with Crippen LogP contribution in [0.3, 0.4) is 0 Å². The standard InChI is InChI=1S/C76H66FN3/c1-7-14-49-17-10-22-56(42-49)52(8-2)43-57(27-26-53-19-11-20-54-36-39-79-73(53)54)58-28-32-63-64-33-29-59(45-69(64)75(3,4)68(63)44-58)60-30-34-65-66-35-31-61(47-71(66)76(5,6)70(65)46-60)62(25-24-51-16-9-15-50(41-51)18-13-38-78)48-72(77)67-23-12-21-55-37-40-80-74(55)67/h7-15,17-23,25,27-48,51,78-80H,2,16,24,26H2,1,3-6H3/b14-7-,18-13-,52-43+,57-27+,62-25+,72-48-,78-38?. The molecule has 9 aromatic rings. The Morgan fingerprint density at radius 1 is 0.625 bits per heavy atom. The Hall–Kier alpha value is -9.12. The Bertz CT molecular complexity index is 4220. The van der Waals surface area contributed by atoms with Gasteiger partial charge in [0.2, 0.25) is 0 Å². The normalized spacial score (nSPS) is 16.6. The summed E-state index contributed by atoms with van der Waals surface area (Å²) in [4.78, 5) is 6.75. The molecule has 80 heavy (non-hydrogen) atoms. The Balaban J connectivity index is 0.866. The molecule has 392 valence electrons. The van der Waals surface area contributed by atoms with Gasteiger partial charge in [-0.2, -0.15) is 0 Å². The molecule has 2 aromatic heterocycles. The highest BCUT2D eigenvalue weighted by Gasteiger charge is 2.38. The maximum absolute atomic E-state index is 16.7. The number of aromatic nitrogens is 2. The topological polar surface area (TPSA) is 55.4 Å². The minimum Gasteiger partial charge on any atom is -0.361 e. The third-order valence-corrected chi connectivity index (χ3v) is 17.0. The number of nitrogens with one attached hydrogen (secondary N) is 3. The smallest absolute Gasteiger partial charge is 0.133 e. The number of fused-ring (bicyclic) bond motifs is 8. The average Bonchev–Trinajstić information content (AvgIpc) is 4.34. The van der Waals surface area contributed by atoms with Crippen LogP contribution < -0.4 is 0 Å². The number of halogens is 1. The molecule has 0 saturated carbocycles. The third-order valence-electron chi connectivity index (χ3n) is 17.0. The molecule has 0 fully saturated rings. The van der Waals surface area contributed by atoms with Crippen molar-refractivity contribution < 1.29 is 4.39 Å². The van der Waals surface area contributed by atoms with E-state index in [1.807, 2.05) is 48.8 Å². The second-order valence-electron chi connectivity index (χ2n) is 22.7. The summed E-state index contributed by atoms with van der Waals surface area (Å²) < 4.78 is 16.7. The van der Waals surface area contributed by atoms with Crippen molar-refractivity contribution >= 4 is 56.6 Å². The number of rotatable bonds is 15. The predicted molar refractivity (Wildman–Crippen MR) is 340 cm³/mol. The molecule has 0 bridgehead atoms. The lowest BCUT2D eigenvalue weighted by Crippen LogP contribution is -2.16. The summed E-state index contributed by atoms with van der Waals surface area (Å²) in [7, 11) is 0. The van der Waals surface area contributed by atoms with Crippen LogP contribution in [0.1, 0.15) is 103 Å². The van der Waals surface area contributed by atoms with Crippen molar-refractivity contribution in [2.24, 2.45) is 5.92 Å². The summed E-state index contributed by atoms with van der Waals surface area (Å²) in [5, 5.41) is 9.68. The molecule has 0 amide bonds. The molecular weight excluding hydrogens is 974 g/mol. The zero-order valence-electron chi connectivity index (χ0n) is 46.3. The molecule has 3 nitrogen and oxygen atoms in total. The lowest BCUT2D eigenvalue weighted by molar-refractivity contribution is 0.659. The van der Waals surface area contributed by atoms with E-state index < -0.39 is 0 Å². The molecule has 3 N–H and O–H groups in total. The van der Waals surface area contributed by atoms with Crippen LogP contribution in [0.5, 0.6) is 0 Å². The first-order chi connectivity index (χ1) is 38.9. The van der Waals surface area contributed by atoms with E-state index in [1.54, 1.807) is 12.2 Å². The summed E-state index contributed by atoms with van der Waals surface area (Å²) in [6.45, 7) is 15.8. The summed E-state index contributed by atoms with van der Waals surface area (Å²) in [6, 6.07) is 53.0. The number of para-hydroxylation sites is 2. The van der Waals surface area contributed by atoms with E-state index in [1.165, 1.54) is 83.9 Å². The molecular formula is C76H66FN3. The van der Waals surface area contributed by atoms with Crippen LogP contribution in [0, 0.1) is 11.3 Å². The second kappa shape index (κ2) is 21.3. The molecule has 7 aromatic carbocycles. The van der Waals surface area contributed by atoms with Gasteiger partial charge in [0.05, 0.1) is 5.52 Å². The third kappa shape index (κ3) is 9.59. The minimum absolute atomic E-state index is 0.251. The Morgan fingerprint density at radius 2 is 1.21 bits per heavy atom. The van der Waals surface area contributed by atoms with Crippen molar-refractivity contribution in [2.45, 2.75) is 64.7 Å². The summed E-state index contributed by atoms with van der Waals surface area (Å²) in [5.74, 6) is -0.0238. The molecule has 12 rings (SSSR count). The molecule has 1 unspecified atom stereocenters. The molecule has 3 aliphatic rings. The van der Waals surface area contributed by atoms with Crippen LogP contribution in [0.4, 0.5) is 4.39 Å². The summed E-state index contributed by atoms with van der Waals surface area (Å²) >= 11 is 0. The van der Waals surface area contributed by atoms with Gasteiger partial charge in [0.15, 0.2) is 0 Å². The van der Waals surface area contributed by atoms with Gasteiger partial charge in [0.25, 0.3) is 0 Å². The van der Waals surface area contributed by atoms with Gasteiger partial charge in [0.1, 0.15) is 5.83 Å². The van der Waals surface area contributed by atoms with Crippen molar-refractivity contribution in [3.05, 3.63) is 293 Å². The predicted octanol–water partition coefficient (Wildman–Crippen LogP) is 20.3. The number of H-pyrrole nitrogens is 2. The molecule has 0 radical (unpaired) electrons. The highest BCUT2D eigenvalue weighted by atomic mass is 19.1. The van der Waals surface area contributed by atoms with Crippen molar-refractivity contribution in [1.29, 1.82) is 5.41 Å². The molecule has 4 heteroatoms. The van der Waals surface area contributed by atoms with Gasteiger partial charge in [-0.25, -0.2) is 4.39 Å². The molecule has 0 spiro atoms. The number of aromatic amines is 2. The van der Waals surface area contributed by atoms with Crippen molar-refractivity contribution in [3.8, 4) is 33.4 Å². The molecule has 0 aliphatic heterocycles. The fourth-order valence-corrected chi connectivity index (χ4v) is 12.7. The Labute approximate surface area is 470 Å². The van der Waals surface area contributed by atoms with Crippen molar-refractivity contribution in [1.82, 2.24) is 9.97 Å². The molecule has 0 saturated heterocycles. The average molecular weight is 1040 g/mol. The van der Waals surface area contributed by atoms with Crippen LogP contribution in [0.15, 0.2) is 237 Å². The molecule has 3 aliphatic carbocycles. The van der Waals surface area contributed by atoms with Crippen LogP contribution in [-0.2, 0) is 17.3 Å². The van der Waals surface area contributed by atoms with Crippen LogP contribution in [-0.4, -0.2) is 16.2 Å². The first-order valence-electron chi connectivity index (χ1n) is 28.0. The molecule has 1 atom stereocenters. The summed E-state index contributed by atoms with van der Waals surface area (Å²) in [6.07, 6.45) is 32.7. The largest absolute Gasteiger partial charge is 0.361 e. The Morgan fingerprint density at radius 3 is 1.86 bits per heavy atom. The fraction of sp³-hybridized carbons (Fsp3) is 0.145. The van der Waals surface area contributed by atoms with E-state index in [0.717, 1.165) is 69.1 Å². The first kappa shape index (κ1) is 51.6. The Kier molecular flexibility index (Phi) is 13.7. The van der Waals surface area contributed by atoms with Gasteiger partial charge < -0.3 is 15.4 Å². The van der Waals surface area contributed by atoms with Gasteiger partial charge in [-0.3, -0.25) is 0 Å². The van der Waals surface area contributed by atoms with Crippen molar-refractivity contribution in [2.75, 3.05) is 0 Å². The lowest BCUT2D eigenvalue weighted by Gasteiger charge is -2.24. The van der Waals surface area contributed by atoms with Crippen LogP contribution in [0.25, 0.3) is 83.8 Å². The van der Waals surface area contributed by atoms with Gasteiger partial charge in [-0.05, 0) is 210 Å². The zero-order valence-corrected chi connectivity index (χ0v) is 46.3. The number of hydrogen-bond donors (Lipinski definition) is 3. The SMILES string of the molecule is C=C/C(=C\C(=C/Cc1cccc2cc[nH]c12)c1ccc2c(c1)C(C)(C)c1cc(-c3ccc4c(c3)C(C)(C)c3cc(C(/C=C(\F)c5cccc6cc[nH]c56)=C/CC5C=C(/C=C\C=N)C=CC5)ccc3-4)ccc1-2)c1cccc(/C=C\C)c1. The van der Waals surface area contributed by atoms with Crippen LogP contribution >= 0.6 is 0 Å². The monoisotopic (exact) mass is 1040 g/mol. The summed E-state index contributed by atoms with van der Waals surface area (Å²) in [5.41, 5.74) is 24.4. The van der Waals surface area contributed by atoms with E-state index in [2.05, 4.69) is 221 Å².